The zero-order valence-corrected chi connectivity index (χ0v) is 19.4. The normalized spacial score (nSPS) is 10.9. The lowest BCUT2D eigenvalue weighted by Gasteiger charge is -2.14. The summed E-state index contributed by atoms with van der Waals surface area (Å²) >= 11 is 0. The van der Waals surface area contributed by atoms with Gasteiger partial charge in [-0.25, -0.2) is 4.79 Å². The number of aryl methyl sites for hydroxylation is 1. The lowest BCUT2D eigenvalue weighted by atomic mass is 10.2. The van der Waals surface area contributed by atoms with Crippen LogP contribution in [0.1, 0.15) is 11.1 Å². The van der Waals surface area contributed by atoms with E-state index in [4.69, 9.17) is 9.47 Å². The lowest BCUT2D eigenvalue weighted by Crippen LogP contribution is -2.21. The van der Waals surface area contributed by atoms with Gasteiger partial charge in [-0.05, 0) is 23.3 Å². The van der Waals surface area contributed by atoms with Crippen molar-refractivity contribution in [2.45, 2.75) is 13.2 Å². The largest absolute Gasteiger partial charge is 0.473 e. The molecule has 0 atom stereocenters. The Morgan fingerprint density at radius 1 is 0.833 bits per heavy atom. The summed E-state index contributed by atoms with van der Waals surface area (Å²) in [6, 6.07) is 27.0. The van der Waals surface area contributed by atoms with Gasteiger partial charge in [0, 0.05) is 25.2 Å². The fraction of sp³-hybridized carbons (Fsp3) is 0.111. The fourth-order valence-corrected chi connectivity index (χ4v) is 3.90. The number of nitrogens with zero attached hydrogens (tertiary/aromatic N) is 4. The molecule has 180 valence electrons. The minimum absolute atomic E-state index is 0.0985. The summed E-state index contributed by atoms with van der Waals surface area (Å²) in [6.07, 6.45) is 0. The van der Waals surface area contributed by atoms with E-state index in [1.807, 2.05) is 60.7 Å². The van der Waals surface area contributed by atoms with Gasteiger partial charge in [0.05, 0.1) is 16.0 Å². The van der Waals surface area contributed by atoms with Crippen LogP contribution in [0.15, 0.2) is 95.8 Å². The summed E-state index contributed by atoms with van der Waals surface area (Å²) in [4.78, 5) is 28.6. The second kappa shape index (κ2) is 9.75. The molecule has 0 saturated carbocycles. The van der Waals surface area contributed by atoms with Crippen LogP contribution >= 0.6 is 0 Å². The predicted octanol–water partition coefficient (Wildman–Crippen LogP) is 4.79. The lowest BCUT2D eigenvalue weighted by molar-refractivity contribution is -0.384. The van der Waals surface area contributed by atoms with E-state index in [2.05, 4.69) is 4.98 Å². The van der Waals surface area contributed by atoms with Crippen molar-refractivity contribution in [2.75, 3.05) is 0 Å². The first-order valence-corrected chi connectivity index (χ1v) is 11.2. The van der Waals surface area contributed by atoms with Crippen LogP contribution in [0, 0.1) is 10.1 Å². The Hall–Kier alpha value is -4.92. The molecule has 0 bridgehead atoms. The van der Waals surface area contributed by atoms with E-state index in [9.17, 15) is 14.9 Å². The Bertz CT molecular complexity index is 1590. The van der Waals surface area contributed by atoms with E-state index < -0.39 is 4.92 Å². The van der Waals surface area contributed by atoms with Gasteiger partial charge in [-0.15, -0.1) is 0 Å². The summed E-state index contributed by atoms with van der Waals surface area (Å²) in [6.45, 7) is 0.553. The number of rotatable bonds is 8. The van der Waals surface area contributed by atoms with E-state index in [0.717, 1.165) is 11.1 Å². The first-order valence-electron chi connectivity index (χ1n) is 11.2. The van der Waals surface area contributed by atoms with Crippen molar-refractivity contribution >= 4 is 16.7 Å². The Morgan fingerprint density at radius 2 is 1.47 bits per heavy atom. The predicted molar refractivity (Wildman–Crippen MR) is 135 cm³/mol. The smallest absolute Gasteiger partial charge is 0.333 e. The van der Waals surface area contributed by atoms with Gasteiger partial charge in [-0.2, -0.15) is 4.98 Å². The summed E-state index contributed by atoms with van der Waals surface area (Å²) in [5.41, 5.74) is 2.77. The number of ether oxygens (including phenoxy) is 2. The number of nitro benzene ring substituents is 1. The minimum Gasteiger partial charge on any atom is -0.473 e. The van der Waals surface area contributed by atoms with E-state index in [-0.39, 0.29) is 23.9 Å². The number of hydrogen-bond acceptors (Lipinski definition) is 6. The van der Waals surface area contributed by atoms with Crippen molar-refractivity contribution in [1.82, 2.24) is 14.1 Å². The molecule has 0 fully saturated rings. The van der Waals surface area contributed by atoms with Crippen LogP contribution in [0.2, 0.25) is 0 Å². The van der Waals surface area contributed by atoms with Crippen molar-refractivity contribution in [3.8, 4) is 17.4 Å². The van der Waals surface area contributed by atoms with Crippen molar-refractivity contribution in [3.63, 3.8) is 0 Å². The molecular formula is C27H22N4O5. The van der Waals surface area contributed by atoms with Crippen LogP contribution in [0.4, 0.5) is 5.69 Å². The molecule has 5 rings (SSSR count). The van der Waals surface area contributed by atoms with Crippen LogP contribution in [0.3, 0.4) is 0 Å². The zero-order chi connectivity index (χ0) is 25.1. The van der Waals surface area contributed by atoms with Gasteiger partial charge in [-0.1, -0.05) is 60.7 Å². The second-order valence-corrected chi connectivity index (χ2v) is 8.13. The van der Waals surface area contributed by atoms with E-state index in [0.29, 0.717) is 29.2 Å². The number of imidazole rings is 1. The first kappa shape index (κ1) is 22.9. The highest BCUT2D eigenvalue weighted by Crippen LogP contribution is 2.29. The van der Waals surface area contributed by atoms with Gasteiger partial charge in [0.25, 0.3) is 5.69 Å². The highest BCUT2D eigenvalue weighted by atomic mass is 16.6. The van der Waals surface area contributed by atoms with Gasteiger partial charge >= 0.3 is 5.69 Å². The molecular weight excluding hydrogens is 460 g/mol. The number of benzene rings is 3. The number of fused-ring (bicyclic) bond motifs is 1. The number of pyridine rings is 1. The van der Waals surface area contributed by atoms with Crippen LogP contribution in [-0.2, 0) is 20.3 Å². The monoisotopic (exact) mass is 482 g/mol. The molecule has 3 aromatic carbocycles. The van der Waals surface area contributed by atoms with Gasteiger partial charge in [0.1, 0.15) is 18.9 Å². The number of hydrogen-bond donors (Lipinski definition) is 0. The number of non-ortho nitro benzene ring substituents is 1. The third-order valence-corrected chi connectivity index (χ3v) is 5.75. The van der Waals surface area contributed by atoms with Gasteiger partial charge in [0.15, 0.2) is 0 Å². The quantitative estimate of drug-likeness (QED) is 0.233. The molecule has 0 unspecified atom stereocenters. The maximum absolute atomic E-state index is 13.2. The van der Waals surface area contributed by atoms with Crippen LogP contribution in [-0.4, -0.2) is 19.0 Å². The van der Waals surface area contributed by atoms with Crippen LogP contribution < -0.4 is 15.2 Å². The topological polar surface area (TPSA) is 101 Å². The SMILES string of the molecule is Cn1c(=O)n(-c2ccc(OCc3ccccc3)nc2OCc2ccccc2)c2ccc([N+](=O)[O-])cc21. The van der Waals surface area contributed by atoms with E-state index in [1.165, 1.54) is 21.3 Å². The Morgan fingerprint density at radius 3 is 2.11 bits per heavy atom. The van der Waals surface area contributed by atoms with Crippen LogP contribution in [0.25, 0.3) is 16.7 Å². The molecule has 0 amide bonds. The van der Waals surface area contributed by atoms with Gasteiger partial charge in [-0.3, -0.25) is 19.2 Å². The fourth-order valence-electron chi connectivity index (χ4n) is 3.90. The number of nitro groups is 1. The average molecular weight is 482 g/mol. The highest BCUT2D eigenvalue weighted by molar-refractivity contribution is 5.81. The second-order valence-electron chi connectivity index (χ2n) is 8.13. The summed E-state index contributed by atoms with van der Waals surface area (Å²) < 4.78 is 14.8. The highest BCUT2D eigenvalue weighted by Gasteiger charge is 2.20. The number of aromatic nitrogens is 3. The molecule has 5 aromatic rings. The molecule has 2 aromatic heterocycles. The maximum Gasteiger partial charge on any atom is 0.333 e. The molecule has 0 radical (unpaired) electrons. The molecule has 2 heterocycles. The summed E-state index contributed by atoms with van der Waals surface area (Å²) in [7, 11) is 1.57. The Labute approximate surface area is 205 Å². The van der Waals surface area contributed by atoms with Gasteiger partial charge < -0.3 is 9.47 Å². The third kappa shape index (κ3) is 4.54. The van der Waals surface area contributed by atoms with E-state index in [1.54, 1.807) is 25.2 Å². The maximum atomic E-state index is 13.2. The van der Waals surface area contributed by atoms with Crippen molar-refractivity contribution < 1.29 is 14.4 Å². The van der Waals surface area contributed by atoms with Gasteiger partial charge in [0.2, 0.25) is 11.8 Å². The molecule has 0 aliphatic rings. The summed E-state index contributed by atoms with van der Waals surface area (Å²) in [5.74, 6) is 0.548. The molecule has 9 nitrogen and oxygen atoms in total. The first-order chi connectivity index (χ1) is 17.5. The molecule has 0 spiro atoms. The standard InChI is InChI=1S/C27H22N4O5/c1-29-24-16-21(31(33)34)12-13-22(24)30(27(29)32)23-14-15-25(35-17-19-8-4-2-5-9-19)28-26(23)36-18-20-10-6-3-7-11-20/h2-16H,17-18H2,1H3. The van der Waals surface area contributed by atoms with Crippen LogP contribution in [0.5, 0.6) is 11.8 Å². The third-order valence-electron chi connectivity index (χ3n) is 5.75. The molecule has 0 aliphatic heterocycles. The van der Waals surface area contributed by atoms with E-state index >= 15 is 0 Å². The average Bonchev–Trinajstić information content (AvgIpc) is 3.16. The Kier molecular flexibility index (Phi) is 6.19. The molecule has 0 saturated heterocycles. The Balaban J connectivity index is 1.56. The molecule has 36 heavy (non-hydrogen) atoms. The summed E-state index contributed by atoms with van der Waals surface area (Å²) in [5, 5.41) is 11.3. The molecule has 0 N–H and O–H groups in total. The zero-order valence-electron chi connectivity index (χ0n) is 19.4. The molecule has 9 heteroatoms. The minimum atomic E-state index is -0.490. The van der Waals surface area contributed by atoms with Crippen molar-refractivity contribution in [3.05, 3.63) is 123 Å². The van der Waals surface area contributed by atoms with Crippen molar-refractivity contribution in [1.29, 1.82) is 0 Å². The molecule has 0 aliphatic carbocycles. The van der Waals surface area contributed by atoms with Crippen molar-refractivity contribution in [2.24, 2.45) is 7.05 Å².